The van der Waals surface area contributed by atoms with Gasteiger partial charge < -0.3 is 9.84 Å². The Morgan fingerprint density at radius 3 is 2.72 bits per heavy atom. The van der Waals surface area contributed by atoms with E-state index in [0.717, 1.165) is 4.90 Å². The summed E-state index contributed by atoms with van der Waals surface area (Å²) in [6.07, 6.45) is 2.09. The number of para-hydroxylation sites is 1. The van der Waals surface area contributed by atoms with Crippen molar-refractivity contribution in [1.29, 1.82) is 0 Å². The van der Waals surface area contributed by atoms with Gasteiger partial charge in [-0.05, 0) is 54.6 Å². The number of aromatic nitrogens is 2. The van der Waals surface area contributed by atoms with Crippen molar-refractivity contribution < 1.29 is 19.0 Å². The zero-order valence-corrected chi connectivity index (χ0v) is 18.4. The van der Waals surface area contributed by atoms with Gasteiger partial charge in [-0.3, -0.25) is 4.79 Å². The molecule has 0 aliphatic heterocycles. The van der Waals surface area contributed by atoms with E-state index >= 15 is 0 Å². The van der Waals surface area contributed by atoms with Gasteiger partial charge in [-0.15, -0.1) is 11.8 Å². The second-order valence-corrected chi connectivity index (χ2v) is 8.50. The Kier molecular flexibility index (Phi) is 6.87. The summed E-state index contributed by atoms with van der Waals surface area (Å²) in [7, 11) is 0. The Bertz CT molecular complexity index is 1290. The molecule has 5 nitrogen and oxygen atoms in total. The Hall–Kier alpha value is -3.16. The molecule has 1 heterocycles. The van der Waals surface area contributed by atoms with Crippen molar-refractivity contribution in [3.8, 4) is 22.8 Å². The molecule has 8 heteroatoms. The molecule has 4 rings (SSSR count). The van der Waals surface area contributed by atoms with Crippen LogP contribution in [0.3, 0.4) is 0 Å². The van der Waals surface area contributed by atoms with Crippen molar-refractivity contribution in [3.05, 3.63) is 77.8 Å². The third kappa shape index (κ3) is 5.18. The van der Waals surface area contributed by atoms with Crippen LogP contribution in [0.4, 0.5) is 4.39 Å². The van der Waals surface area contributed by atoms with Crippen LogP contribution in [0.5, 0.6) is 11.5 Å². The van der Waals surface area contributed by atoms with Crippen molar-refractivity contribution in [2.45, 2.75) is 17.7 Å². The first-order chi connectivity index (χ1) is 15.5. The van der Waals surface area contributed by atoms with E-state index in [1.807, 2.05) is 24.3 Å². The molecule has 0 amide bonds. The molecule has 162 valence electrons. The van der Waals surface area contributed by atoms with Crippen LogP contribution in [0.1, 0.15) is 12.8 Å². The molecule has 1 aromatic heterocycles. The van der Waals surface area contributed by atoms with E-state index in [1.165, 1.54) is 12.4 Å². The molecule has 3 aromatic carbocycles. The molecule has 0 fully saturated rings. The fraction of sp³-hybridized carbons (Fsp3) is 0.125. The monoisotopic (exact) mass is 468 g/mol. The van der Waals surface area contributed by atoms with E-state index in [-0.39, 0.29) is 12.0 Å². The summed E-state index contributed by atoms with van der Waals surface area (Å²) >= 11 is 7.79. The van der Waals surface area contributed by atoms with Crippen molar-refractivity contribution in [1.82, 2.24) is 9.97 Å². The lowest BCUT2D eigenvalue weighted by Crippen LogP contribution is -1.95. The predicted octanol–water partition coefficient (Wildman–Crippen LogP) is 6.84. The largest absolute Gasteiger partial charge is 0.481 e. The van der Waals surface area contributed by atoms with Gasteiger partial charge in [0.05, 0.1) is 16.2 Å². The molecule has 0 aliphatic carbocycles. The summed E-state index contributed by atoms with van der Waals surface area (Å²) in [5, 5.41) is 9.86. The van der Waals surface area contributed by atoms with E-state index in [4.69, 9.17) is 21.4 Å². The summed E-state index contributed by atoms with van der Waals surface area (Å²) in [6.45, 7) is 0. The summed E-state index contributed by atoms with van der Waals surface area (Å²) < 4.78 is 20.7. The highest BCUT2D eigenvalue weighted by Gasteiger charge is 2.14. The molecular weight excluding hydrogens is 451 g/mol. The number of carbonyl (C=O) groups is 1. The van der Waals surface area contributed by atoms with Gasteiger partial charge >= 0.3 is 5.97 Å². The third-order valence-corrected chi connectivity index (χ3v) is 6.04. The van der Waals surface area contributed by atoms with Crippen LogP contribution in [-0.4, -0.2) is 26.8 Å². The molecule has 32 heavy (non-hydrogen) atoms. The van der Waals surface area contributed by atoms with E-state index in [0.29, 0.717) is 45.3 Å². The maximum Gasteiger partial charge on any atom is 0.303 e. The minimum absolute atomic E-state index is 0.143. The Labute approximate surface area is 193 Å². The minimum Gasteiger partial charge on any atom is -0.481 e. The fourth-order valence-corrected chi connectivity index (χ4v) is 4.31. The number of thioether (sulfide) groups is 1. The standard InChI is InChI=1S/C24H18ClFN2O3S/c25-20-7-2-6-18-23(27-14-28-24(18)20)19-13-16(9-10-21(19)26)31-15-4-1-5-17(12-15)32-11-3-8-22(29)30/h1-2,4-7,9-10,12-14H,3,8,11H2,(H,29,30). The summed E-state index contributed by atoms with van der Waals surface area (Å²) in [5.41, 5.74) is 1.28. The van der Waals surface area contributed by atoms with Gasteiger partial charge in [-0.2, -0.15) is 0 Å². The number of hydrogen-bond acceptors (Lipinski definition) is 5. The van der Waals surface area contributed by atoms with Gasteiger partial charge in [-0.1, -0.05) is 29.8 Å². The Balaban J connectivity index is 1.58. The molecule has 1 N–H and O–H groups in total. The zero-order chi connectivity index (χ0) is 22.5. The zero-order valence-electron chi connectivity index (χ0n) is 16.8. The maximum atomic E-state index is 14.7. The average Bonchev–Trinajstić information content (AvgIpc) is 2.78. The van der Waals surface area contributed by atoms with Crippen LogP contribution in [-0.2, 0) is 4.79 Å². The Morgan fingerprint density at radius 1 is 1.06 bits per heavy atom. The molecule has 0 saturated carbocycles. The van der Waals surface area contributed by atoms with Crippen molar-refractivity contribution in [2.75, 3.05) is 5.75 Å². The molecule has 0 unspecified atom stereocenters. The number of carboxylic acids is 1. The van der Waals surface area contributed by atoms with Crippen molar-refractivity contribution in [2.24, 2.45) is 0 Å². The molecule has 0 bridgehead atoms. The van der Waals surface area contributed by atoms with Crippen molar-refractivity contribution >= 4 is 40.2 Å². The first kappa shape index (κ1) is 22.0. The normalized spacial score (nSPS) is 10.9. The van der Waals surface area contributed by atoms with Crippen LogP contribution in [0.2, 0.25) is 5.02 Å². The number of hydrogen-bond donors (Lipinski definition) is 1. The van der Waals surface area contributed by atoms with E-state index in [1.54, 1.807) is 42.1 Å². The van der Waals surface area contributed by atoms with Crippen LogP contribution < -0.4 is 4.74 Å². The highest BCUT2D eigenvalue weighted by Crippen LogP contribution is 2.34. The SMILES string of the molecule is O=C(O)CCCSc1cccc(Oc2ccc(F)c(-c3ncnc4c(Cl)cccc34)c2)c1. The van der Waals surface area contributed by atoms with Gasteiger partial charge in [0.1, 0.15) is 23.6 Å². The molecule has 4 aromatic rings. The predicted molar refractivity (Wildman–Crippen MR) is 124 cm³/mol. The molecular formula is C24H18ClFN2O3S. The van der Waals surface area contributed by atoms with E-state index in [9.17, 15) is 9.18 Å². The van der Waals surface area contributed by atoms with Crippen LogP contribution >= 0.6 is 23.4 Å². The second-order valence-electron chi connectivity index (χ2n) is 6.92. The minimum atomic E-state index is -0.798. The number of carboxylic acid groups (broad SMARTS) is 1. The first-order valence-corrected chi connectivity index (χ1v) is 11.2. The molecule has 0 radical (unpaired) electrons. The first-order valence-electron chi connectivity index (χ1n) is 9.83. The molecule has 0 atom stereocenters. The van der Waals surface area contributed by atoms with Gasteiger partial charge in [0.2, 0.25) is 0 Å². The number of nitrogens with zero attached hydrogens (tertiary/aromatic N) is 2. The van der Waals surface area contributed by atoms with Crippen molar-refractivity contribution in [3.63, 3.8) is 0 Å². The lowest BCUT2D eigenvalue weighted by molar-refractivity contribution is -0.137. The van der Waals surface area contributed by atoms with Gasteiger partial charge in [0, 0.05) is 22.3 Å². The van der Waals surface area contributed by atoms with E-state index in [2.05, 4.69) is 9.97 Å². The van der Waals surface area contributed by atoms with Gasteiger partial charge in [-0.25, -0.2) is 14.4 Å². The quantitative estimate of drug-likeness (QED) is 0.225. The molecule has 0 spiro atoms. The average molecular weight is 469 g/mol. The summed E-state index contributed by atoms with van der Waals surface area (Å²) in [4.78, 5) is 20.1. The second kappa shape index (κ2) is 9.97. The van der Waals surface area contributed by atoms with Crippen LogP contribution in [0.15, 0.2) is 71.9 Å². The maximum absolute atomic E-state index is 14.7. The lowest BCUT2D eigenvalue weighted by atomic mass is 10.1. The summed E-state index contributed by atoms with van der Waals surface area (Å²) in [6, 6.07) is 17.3. The topological polar surface area (TPSA) is 72.3 Å². The molecule has 0 aliphatic rings. The number of benzene rings is 3. The Morgan fingerprint density at radius 2 is 1.88 bits per heavy atom. The lowest BCUT2D eigenvalue weighted by Gasteiger charge is -2.11. The highest BCUT2D eigenvalue weighted by atomic mass is 35.5. The fourth-order valence-electron chi connectivity index (χ4n) is 3.19. The van der Waals surface area contributed by atoms with E-state index < -0.39 is 11.8 Å². The third-order valence-electron chi connectivity index (χ3n) is 4.65. The van der Waals surface area contributed by atoms with Gasteiger partial charge in [0.25, 0.3) is 0 Å². The number of aliphatic carboxylic acids is 1. The van der Waals surface area contributed by atoms with Gasteiger partial charge in [0.15, 0.2) is 0 Å². The van der Waals surface area contributed by atoms with Crippen LogP contribution in [0, 0.1) is 5.82 Å². The number of fused-ring (bicyclic) bond motifs is 1. The van der Waals surface area contributed by atoms with Crippen LogP contribution in [0.25, 0.3) is 22.2 Å². The molecule has 0 saturated heterocycles. The smallest absolute Gasteiger partial charge is 0.303 e. The number of halogens is 2. The summed E-state index contributed by atoms with van der Waals surface area (Å²) in [5.74, 6) is 0.526. The highest BCUT2D eigenvalue weighted by molar-refractivity contribution is 7.99. The number of rotatable bonds is 8. The number of ether oxygens (including phenoxy) is 1.